The predicted molar refractivity (Wildman–Crippen MR) is 59.8 cm³/mol. The maximum Gasteiger partial charge on any atom is 0.149 e. The molecule has 0 aromatic carbocycles. The lowest BCUT2D eigenvalue weighted by Gasteiger charge is -2.31. The topological polar surface area (TPSA) is 61.0 Å². The Labute approximate surface area is 93.8 Å². The van der Waals surface area contributed by atoms with Gasteiger partial charge in [-0.1, -0.05) is 11.3 Å². The molecule has 0 saturated carbocycles. The fourth-order valence-electron chi connectivity index (χ4n) is 1.79. The van der Waals surface area contributed by atoms with Crippen LogP contribution in [0, 0.1) is 0 Å². The molecule has 2 heterocycles. The minimum absolute atomic E-state index is 0.206. The summed E-state index contributed by atoms with van der Waals surface area (Å²) in [6.45, 7) is 3.58. The zero-order valence-corrected chi connectivity index (χ0v) is 9.85. The van der Waals surface area contributed by atoms with Crippen molar-refractivity contribution in [2.75, 3.05) is 13.2 Å². The molecule has 0 radical (unpaired) electrons. The highest BCUT2D eigenvalue weighted by atomic mass is 32.1. The van der Waals surface area contributed by atoms with Gasteiger partial charge in [-0.05, 0) is 32.7 Å². The highest BCUT2D eigenvalue weighted by Crippen LogP contribution is 2.36. The largest absolute Gasteiger partial charge is 0.368 e. The SMILES string of the molecule is CC1(c2nnc(CCN)s2)CCCCO1. The van der Waals surface area contributed by atoms with Crippen molar-refractivity contribution in [2.45, 2.75) is 38.2 Å². The van der Waals surface area contributed by atoms with E-state index in [1.54, 1.807) is 11.3 Å². The Balaban J connectivity index is 2.12. The van der Waals surface area contributed by atoms with Crippen molar-refractivity contribution in [3.8, 4) is 0 Å². The second-order valence-electron chi connectivity index (χ2n) is 4.08. The number of nitrogens with two attached hydrogens (primary N) is 1. The van der Waals surface area contributed by atoms with Crippen molar-refractivity contribution < 1.29 is 4.74 Å². The second-order valence-corrected chi connectivity index (χ2v) is 5.14. The number of nitrogens with zero attached hydrogens (tertiary/aromatic N) is 2. The average molecular weight is 227 g/mol. The molecule has 1 unspecified atom stereocenters. The van der Waals surface area contributed by atoms with Crippen LogP contribution < -0.4 is 5.73 Å². The standard InChI is InChI=1S/C10H17N3OS/c1-10(5-2-3-7-14-10)9-13-12-8(15-9)4-6-11/h2-7,11H2,1H3. The van der Waals surface area contributed by atoms with Gasteiger partial charge in [0.25, 0.3) is 0 Å². The lowest BCUT2D eigenvalue weighted by molar-refractivity contribution is -0.0705. The molecular formula is C10H17N3OS. The van der Waals surface area contributed by atoms with E-state index in [4.69, 9.17) is 10.5 Å². The fourth-order valence-corrected chi connectivity index (χ4v) is 2.78. The van der Waals surface area contributed by atoms with E-state index < -0.39 is 0 Å². The molecular weight excluding hydrogens is 210 g/mol. The van der Waals surface area contributed by atoms with Gasteiger partial charge in [0.1, 0.15) is 15.6 Å². The van der Waals surface area contributed by atoms with Gasteiger partial charge in [-0.25, -0.2) is 0 Å². The van der Waals surface area contributed by atoms with Gasteiger partial charge in [0.05, 0.1) is 0 Å². The normalized spacial score (nSPS) is 26.8. The van der Waals surface area contributed by atoms with Gasteiger partial charge < -0.3 is 10.5 Å². The van der Waals surface area contributed by atoms with E-state index in [-0.39, 0.29) is 5.60 Å². The summed E-state index contributed by atoms with van der Waals surface area (Å²) in [4.78, 5) is 0. The Hall–Kier alpha value is -0.520. The molecule has 84 valence electrons. The maximum absolute atomic E-state index is 5.82. The molecule has 0 aliphatic carbocycles. The first-order chi connectivity index (χ1) is 7.24. The molecule has 4 nitrogen and oxygen atoms in total. The fraction of sp³-hybridized carbons (Fsp3) is 0.800. The molecule has 1 atom stereocenters. The minimum atomic E-state index is -0.206. The summed E-state index contributed by atoms with van der Waals surface area (Å²) in [6, 6.07) is 0. The van der Waals surface area contributed by atoms with Crippen LogP contribution in [0.25, 0.3) is 0 Å². The van der Waals surface area contributed by atoms with E-state index in [0.29, 0.717) is 6.54 Å². The Morgan fingerprint density at radius 1 is 1.47 bits per heavy atom. The molecule has 0 amide bonds. The first-order valence-electron chi connectivity index (χ1n) is 5.41. The lowest BCUT2D eigenvalue weighted by Crippen LogP contribution is -2.29. The van der Waals surface area contributed by atoms with Crippen LogP contribution in [0.3, 0.4) is 0 Å². The molecule has 0 bridgehead atoms. The lowest BCUT2D eigenvalue weighted by atomic mass is 9.97. The average Bonchev–Trinajstić information content (AvgIpc) is 2.69. The molecule has 1 aliphatic heterocycles. The first kappa shape index (κ1) is 11.0. The van der Waals surface area contributed by atoms with E-state index in [0.717, 1.165) is 35.9 Å². The number of rotatable bonds is 3. The van der Waals surface area contributed by atoms with Gasteiger partial charge in [-0.15, -0.1) is 10.2 Å². The van der Waals surface area contributed by atoms with Crippen LogP contribution in [-0.4, -0.2) is 23.3 Å². The monoisotopic (exact) mass is 227 g/mol. The number of ether oxygens (including phenoxy) is 1. The maximum atomic E-state index is 5.82. The summed E-state index contributed by atoms with van der Waals surface area (Å²) in [7, 11) is 0. The summed E-state index contributed by atoms with van der Waals surface area (Å²) in [6.07, 6.45) is 4.23. The number of hydrogen-bond donors (Lipinski definition) is 1. The van der Waals surface area contributed by atoms with Crippen molar-refractivity contribution >= 4 is 11.3 Å². The molecule has 1 saturated heterocycles. The third-order valence-corrected chi connectivity index (χ3v) is 3.97. The third kappa shape index (κ3) is 2.35. The van der Waals surface area contributed by atoms with E-state index >= 15 is 0 Å². The Kier molecular flexibility index (Phi) is 3.33. The molecule has 1 aliphatic rings. The molecule has 1 aromatic heterocycles. The summed E-state index contributed by atoms with van der Waals surface area (Å²) in [5.41, 5.74) is 5.28. The van der Waals surface area contributed by atoms with E-state index in [1.807, 2.05) is 0 Å². The minimum Gasteiger partial charge on any atom is -0.368 e. The van der Waals surface area contributed by atoms with E-state index in [9.17, 15) is 0 Å². The summed E-state index contributed by atoms with van der Waals surface area (Å²) >= 11 is 1.64. The number of hydrogen-bond acceptors (Lipinski definition) is 5. The predicted octanol–water partition coefficient (Wildman–Crippen LogP) is 1.45. The second kappa shape index (κ2) is 4.55. The Morgan fingerprint density at radius 3 is 3.00 bits per heavy atom. The zero-order chi connectivity index (χ0) is 10.7. The van der Waals surface area contributed by atoms with Gasteiger partial charge in [0, 0.05) is 13.0 Å². The Bertz CT molecular complexity index is 320. The quantitative estimate of drug-likeness (QED) is 0.849. The van der Waals surface area contributed by atoms with Crippen LogP contribution in [0.4, 0.5) is 0 Å². The van der Waals surface area contributed by atoms with Crippen molar-refractivity contribution in [1.82, 2.24) is 10.2 Å². The van der Waals surface area contributed by atoms with Crippen LogP contribution in [-0.2, 0) is 16.8 Å². The molecule has 2 rings (SSSR count). The van der Waals surface area contributed by atoms with Crippen molar-refractivity contribution in [3.63, 3.8) is 0 Å². The number of aromatic nitrogens is 2. The van der Waals surface area contributed by atoms with Crippen molar-refractivity contribution in [2.24, 2.45) is 5.73 Å². The van der Waals surface area contributed by atoms with Crippen LogP contribution in [0.1, 0.15) is 36.2 Å². The van der Waals surface area contributed by atoms with E-state index in [1.165, 1.54) is 6.42 Å². The molecule has 2 N–H and O–H groups in total. The first-order valence-corrected chi connectivity index (χ1v) is 6.23. The van der Waals surface area contributed by atoms with Gasteiger partial charge in [0.2, 0.25) is 0 Å². The summed E-state index contributed by atoms with van der Waals surface area (Å²) in [5.74, 6) is 0. The van der Waals surface area contributed by atoms with Crippen LogP contribution >= 0.6 is 11.3 Å². The highest BCUT2D eigenvalue weighted by molar-refractivity contribution is 7.11. The van der Waals surface area contributed by atoms with Crippen LogP contribution in [0.2, 0.25) is 0 Å². The van der Waals surface area contributed by atoms with Crippen LogP contribution in [0.15, 0.2) is 0 Å². The smallest absolute Gasteiger partial charge is 0.149 e. The van der Waals surface area contributed by atoms with Gasteiger partial charge in [-0.2, -0.15) is 0 Å². The van der Waals surface area contributed by atoms with Gasteiger partial charge in [0.15, 0.2) is 0 Å². The van der Waals surface area contributed by atoms with Crippen molar-refractivity contribution in [3.05, 3.63) is 10.0 Å². The molecule has 0 spiro atoms. The third-order valence-electron chi connectivity index (χ3n) is 2.75. The summed E-state index contributed by atoms with van der Waals surface area (Å²) in [5, 5.41) is 10.4. The zero-order valence-electron chi connectivity index (χ0n) is 9.03. The molecule has 1 aromatic rings. The Morgan fingerprint density at radius 2 is 2.33 bits per heavy atom. The molecule has 5 heteroatoms. The van der Waals surface area contributed by atoms with Gasteiger partial charge >= 0.3 is 0 Å². The summed E-state index contributed by atoms with van der Waals surface area (Å²) < 4.78 is 5.82. The van der Waals surface area contributed by atoms with Crippen LogP contribution in [0.5, 0.6) is 0 Å². The van der Waals surface area contributed by atoms with Gasteiger partial charge in [-0.3, -0.25) is 0 Å². The van der Waals surface area contributed by atoms with E-state index in [2.05, 4.69) is 17.1 Å². The van der Waals surface area contributed by atoms with Crippen molar-refractivity contribution in [1.29, 1.82) is 0 Å². The molecule has 15 heavy (non-hydrogen) atoms. The molecule has 1 fully saturated rings. The highest BCUT2D eigenvalue weighted by Gasteiger charge is 2.33.